The minimum Gasteiger partial charge on any atom is -0.420 e. The molecule has 0 bridgehead atoms. The lowest BCUT2D eigenvalue weighted by Gasteiger charge is -2.21. The number of H-pyrrole nitrogens is 1. The maximum absolute atomic E-state index is 14.0. The van der Waals surface area contributed by atoms with Crippen LogP contribution in [0.4, 0.5) is 23.2 Å². The Hall–Kier alpha value is -4.98. The van der Waals surface area contributed by atoms with Gasteiger partial charge in [-0.15, -0.1) is 0 Å². The molecule has 1 aliphatic rings. The SMILES string of the molecule is CCCN(OCC)C(=O)C1=Cc2ccc(-c3cnc(CN(C)CCOCCOCCOCCOCCOCCOCCOCCOCCOCCOCCC(=O)Oc4c(F)c(F)c(S(=O)O)c(F)c4F)[nH+]c3)cc2N=C(N)C1. The second kappa shape index (κ2) is 38.6. The summed E-state index contributed by atoms with van der Waals surface area (Å²) in [5, 5.41) is 1.39. The zero-order valence-electron chi connectivity index (χ0n) is 44.4. The van der Waals surface area contributed by atoms with E-state index in [0.29, 0.717) is 142 Å². The number of ether oxygens (including phenoxy) is 11. The van der Waals surface area contributed by atoms with E-state index in [0.717, 1.165) is 28.9 Å². The van der Waals surface area contributed by atoms with Gasteiger partial charge < -0.3 is 62.4 Å². The molecule has 1 unspecified atom stereocenters. The summed E-state index contributed by atoms with van der Waals surface area (Å²) in [5.74, 6) is -10.5. The van der Waals surface area contributed by atoms with Crippen molar-refractivity contribution in [3.05, 3.63) is 70.8 Å². The lowest BCUT2D eigenvalue weighted by atomic mass is 10.0. The van der Waals surface area contributed by atoms with Crippen LogP contribution in [0.15, 0.2) is 46.1 Å². The number of hydroxylamine groups is 2. The number of nitrogens with zero attached hydrogens (tertiary/aromatic N) is 4. The van der Waals surface area contributed by atoms with E-state index in [1.54, 1.807) is 0 Å². The van der Waals surface area contributed by atoms with E-state index in [2.05, 4.69) is 24.6 Å². The van der Waals surface area contributed by atoms with Gasteiger partial charge in [-0.05, 0) is 38.1 Å². The van der Waals surface area contributed by atoms with Gasteiger partial charge >= 0.3 is 11.8 Å². The Morgan fingerprint density at radius 3 is 1.63 bits per heavy atom. The smallest absolute Gasteiger partial charge is 0.313 e. The fourth-order valence-electron chi connectivity index (χ4n) is 6.87. The van der Waals surface area contributed by atoms with Crippen molar-refractivity contribution in [1.82, 2.24) is 14.9 Å². The Bertz CT molecular complexity index is 2310. The number of rotatable bonds is 43. The largest absolute Gasteiger partial charge is 0.420 e. The lowest BCUT2D eigenvalue weighted by molar-refractivity contribution is -0.397. The molecule has 0 saturated heterocycles. The molecule has 2 aromatic carbocycles. The van der Waals surface area contributed by atoms with Gasteiger partial charge in [0, 0.05) is 30.6 Å². The van der Waals surface area contributed by atoms with Gasteiger partial charge in [0.05, 0.1) is 163 Å². The molecule has 4 rings (SSSR count). The Labute approximate surface area is 453 Å². The number of amidine groups is 1. The molecule has 436 valence electrons. The van der Waals surface area contributed by atoms with Crippen LogP contribution >= 0.6 is 0 Å². The number of nitrogens with one attached hydrogen (secondary N) is 1. The van der Waals surface area contributed by atoms with Crippen LogP contribution in [0.25, 0.3) is 17.2 Å². The van der Waals surface area contributed by atoms with E-state index in [-0.39, 0.29) is 45.4 Å². The summed E-state index contributed by atoms with van der Waals surface area (Å²) in [6, 6.07) is 5.85. The van der Waals surface area contributed by atoms with Crippen molar-refractivity contribution in [2.45, 2.75) is 44.6 Å². The van der Waals surface area contributed by atoms with Crippen LogP contribution in [0.2, 0.25) is 0 Å². The van der Waals surface area contributed by atoms with Gasteiger partial charge in [-0.25, -0.2) is 28.0 Å². The molecule has 22 nitrogen and oxygen atoms in total. The lowest BCUT2D eigenvalue weighted by Crippen LogP contribution is -2.34. The molecule has 1 atom stereocenters. The highest BCUT2D eigenvalue weighted by Crippen LogP contribution is 2.33. The second-order valence-corrected chi connectivity index (χ2v) is 17.7. The van der Waals surface area contributed by atoms with Gasteiger partial charge in [-0.1, -0.05) is 24.0 Å². The van der Waals surface area contributed by atoms with Gasteiger partial charge in [0.25, 0.3) is 5.91 Å². The standard InChI is InChI=1S/C51H72F4N6O16S/c1-4-9-61(76-5-2)51(63)39-31-38-7-6-37(32-41(38)59-42(56)33-39)40-34-57-43(58-35-40)36-60(3)10-12-67-14-16-69-18-20-71-22-24-73-26-28-75-30-29-74-27-25-72-23-21-70-19-17-68-15-13-66-11-8-44(62)77-49-45(52)47(54)50(78(64)65)48(55)46(49)53/h6-7,31-32,34-35H,4-5,8-30,33,36H2,1-3H3,(H2,56,59)(H,64,65)/p+1. The van der Waals surface area contributed by atoms with E-state index in [9.17, 15) is 31.4 Å². The minimum absolute atomic E-state index is 0.0570. The van der Waals surface area contributed by atoms with Crippen LogP contribution in [-0.2, 0) is 79.4 Å². The van der Waals surface area contributed by atoms with Gasteiger partial charge in [0.2, 0.25) is 17.4 Å². The first-order valence-corrected chi connectivity index (χ1v) is 26.6. The van der Waals surface area contributed by atoms with Crippen molar-refractivity contribution in [3.63, 3.8) is 0 Å². The quantitative estimate of drug-likeness (QED) is 0.0153. The summed E-state index contributed by atoms with van der Waals surface area (Å²) in [6.07, 6.45) is 6.06. The van der Waals surface area contributed by atoms with E-state index in [1.165, 1.54) is 5.06 Å². The molecule has 1 amide bonds. The van der Waals surface area contributed by atoms with E-state index in [4.69, 9.17) is 62.5 Å². The summed E-state index contributed by atoms with van der Waals surface area (Å²) in [5.41, 5.74) is 10.1. The average Bonchev–Trinajstić information content (AvgIpc) is 3.66. The highest BCUT2D eigenvalue weighted by molar-refractivity contribution is 7.79. The molecule has 0 aliphatic carbocycles. The van der Waals surface area contributed by atoms with Crippen molar-refractivity contribution >= 4 is 40.6 Å². The topological polar surface area (TPSA) is 254 Å². The Balaban J connectivity index is 0.861. The maximum Gasteiger partial charge on any atom is 0.313 e. The van der Waals surface area contributed by atoms with Crippen molar-refractivity contribution in [2.24, 2.45) is 10.7 Å². The molecule has 27 heteroatoms. The molecule has 1 aliphatic heterocycles. The van der Waals surface area contributed by atoms with Crippen molar-refractivity contribution in [3.8, 4) is 16.9 Å². The van der Waals surface area contributed by atoms with E-state index >= 15 is 0 Å². The number of esters is 1. The van der Waals surface area contributed by atoms with Crippen molar-refractivity contribution < 1.29 is 97.8 Å². The zero-order valence-corrected chi connectivity index (χ0v) is 45.2. The highest BCUT2D eigenvalue weighted by Gasteiger charge is 2.31. The number of hydrogen-bond donors (Lipinski definition) is 2. The number of hydrogen-bond acceptors (Lipinski definition) is 19. The number of aromatic amines is 1. The molecule has 0 fully saturated rings. The monoisotopic (exact) mass is 1130 g/mol. The third-order valence-electron chi connectivity index (χ3n) is 10.7. The number of carbonyl (C=O) groups is 2. The molecule has 78 heavy (non-hydrogen) atoms. The number of halogens is 4. The van der Waals surface area contributed by atoms with E-state index < -0.39 is 57.4 Å². The van der Waals surface area contributed by atoms with Gasteiger partial charge in [0.1, 0.15) is 17.3 Å². The predicted octanol–water partition coefficient (Wildman–Crippen LogP) is 4.26. The first-order chi connectivity index (χ1) is 37.8. The Morgan fingerprint density at radius 2 is 1.18 bits per heavy atom. The molecule has 0 spiro atoms. The van der Waals surface area contributed by atoms with Gasteiger partial charge in [0.15, 0.2) is 28.9 Å². The molecule has 2 heterocycles. The number of aliphatic imine (C=N–C) groups is 1. The van der Waals surface area contributed by atoms with Gasteiger partial charge in [-0.3, -0.25) is 19.3 Å². The van der Waals surface area contributed by atoms with Crippen LogP contribution < -0.4 is 15.5 Å². The first kappa shape index (κ1) is 65.5. The molecule has 0 radical (unpaired) electrons. The van der Waals surface area contributed by atoms with Gasteiger partial charge in [-0.2, -0.15) is 8.78 Å². The third kappa shape index (κ3) is 24.6. The molecule has 1 aromatic heterocycles. The van der Waals surface area contributed by atoms with Crippen molar-refractivity contribution in [1.29, 1.82) is 0 Å². The third-order valence-corrected chi connectivity index (χ3v) is 11.4. The summed E-state index contributed by atoms with van der Waals surface area (Å²) in [4.78, 5) is 43.5. The number of carbonyl (C=O) groups excluding carboxylic acids is 2. The Morgan fingerprint density at radius 1 is 0.692 bits per heavy atom. The number of aromatic nitrogens is 2. The van der Waals surface area contributed by atoms with Crippen molar-refractivity contribution in [2.75, 3.05) is 159 Å². The molecular formula is C51H73F4N6O16S+. The Kier molecular flexibility index (Phi) is 32.4. The molecule has 3 aromatic rings. The summed E-state index contributed by atoms with van der Waals surface area (Å²) < 4.78 is 134. The summed E-state index contributed by atoms with van der Waals surface area (Å²) >= 11 is -3.35. The second-order valence-electron chi connectivity index (χ2n) is 16.7. The highest BCUT2D eigenvalue weighted by atomic mass is 32.2. The van der Waals surface area contributed by atoms with Crippen LogP contribution in [-0.4, -0.2) is 200 Å². The number of amides is 1. The average molecular weight is 1130 g/mol. The molecule has 4 N–H and O–H groups in total. The normalized spacial score (nSPS) is 12.8. The van der Waals surface area contributed by atoms with Crippen LogP contribution in [0.5, 0.6) is 5.75 Å². The van der Waals surface area contributed by atoms with Crippen LogP contribution in [0.3, 0.4) is 0 Å². The maximum atomic E-state index is 14.0. The first-order valence-electron chi connectivity index (χ1n) is 25.5. The fourth-order valence-corrected chi connectivity index (χ4v) is 7.36. The number of nitrogens with two attached hydrogens (primary N) is 1. The predicted molar refractivity (Wildman–Crippen MR) is 274 cm³/mol. The van der Waals surface area contributed by atoms with Crippen LogP contribution in [0.1, 0.15) is 44.5 Å². The zero-order chi connectivity index (χ0) is 56.3. The number of fused-ring (bicyclic) bond motifs is 1. The summed E-state index contributed by atoms with van der Waals surface area (Å²) in [6.45, 7) is 12.9. The van der Waals surface area contributed by atoms with Crippen LogP contribution in [0, 0.1) is 23.3 Å². The van der Waals surface area contributed by atoms with E-state index in [1.807, 2.05) is 57.6 Å². The number of benzene rings is 2. The molecule has 0 saturated carbocycles. The fraction of sp³-hybridized carbons (Fsp3) is 0.588. The number of likely N-dealkylation sites (N-methyl/N-ethyl adjacent to an activating group) is 1. The molecular weight excluding hydrogens is 1060 g/mol. The summed E-state index contributed by atoms with van der Waals surface area (Å²) in [7, 11) is 2.00. The minimum atomic E-state index is -3.35.